The number of anilines is 1. The SMILES string of the molecule is Cc1c(N)cc(C(=O)O)c(C)c1I. The Balaban J connectivity index is 3.50. The highest BCUT2D eigenvalue weighted by atomic mass is 127. The topological polar surface area (TPSA) is 63.3 Å². The lowest BCUT2D eigenvalue weighted by Gasteiger charge is -2.09. The number of aromatic carboxylic acids is 1. The van der Waals surface area contributed by atoms with Gasteiger partial charge in [0.25, 0.3) is 0 Å². The molecule has 1 aromatic rings. The van der Waals surface area contributed by atoms with Crippen molar-refractivity contribution in [3.05, 3.63) is 26.3 Å². The number of carbonyl (C=O) groups is 1. The second-order valence-electron chi connectivity index (χ2n) is 2.88. The molecule has 1 rings (SSSR count). The van der Waals surface area contributed by atoms with E-state index in [9.17, 15) is 4.79 Å². The van der Waals surface area contributed by atoms with Crippen LogP contribution in [-0.4, -0.2) is 11.1 Å². The second kappa shape index (κ2) is 3.53. The Labute approximate surface area is 90.1 Å². The number of nitrogen functional groups attached to an aromatic ring is 1. The summed E-state index contributed by atoms with van der Waals surface area (Å²) in [5, 5.41) is 8.85. The fraction of sp³-hybridized carbons (Fsp3) is 0.222. The maximum atomic E-state index is 10.8. The van der Waals surface area contributed by atoms with Crippen molar-refractivity contribution >= 4 is 34.2 Å². The average Bonchev–Trinajstić information content (AvgIpc) is 2.07. The highest BCUT2D eigenvalue weighted by molar-refractivity contribution is 14.1. The zero-order valence-corrected chi connectivity index (χ0v) is 9.55. The summed E-state index contributed by atoms with van der Waals surface area (Å²) in [7, 11) is 0. The standard InChI is InChI=1S/C9H10INO2/c1-4-6(9(12)13)3-7(11)5(2)8(4)10/h3H,11H2,1-2H3,(H,12,13). The Hall–Kier alpha value is -0.780. The molecule has 0 saturated heterocycles. The van der Waals surface area contributed by atoms with Crippen molar-refractivity contribution in [1.82, 2.24) is 0 Å². The summed E-state index contributed by atoms with van der Waals surface area (Å²) in [6.07, 6.45) is 0. The number of carboxylic acid groups (broad SMARTS) is 1. The summed E-state index contributed by atoms with van der Waals surface area (Å²) < 4.78 is 0.926. The first kappa shape index (κ1) is 10.3. The smallest absolute Gasteiger partial charge is 0.336 e. The van der Waals surface area contributed by atoms with Crippen LogP contribution in [0.5, 0.6) is 0 Å². The second-order valence-corrected chi connectivity index (χ2v) is 3.96. The Morgan fingerprint density at radius 3 is 2.46 bits per heavy atom. The Bertz CT molecular complexity index is 374. The molecule has 4 heteroatoms. The van der Waals surface area contributed by atoms with Gasteiger partial charge >= 0.3 is 5.97 Å². The minimum atomic E-state index is -0.929. The molecule has 0 aliphatic carbocycles. The predicted octanol–water partition coefficient (Wildman–Crippen LogP) is 2.19. The lowest BCUT2D eigenvalue weighted by atomic mass is 10.0. The molecule has 70 valence electrons. The van der Waals surface area contributed by atoms with Crippen molar-refractivity contribution in [2.75, 3.05) is 5.73 Å². The van der Waals surface area contributed by atoms with Gasteiger partial charge in [-0.05, 0) is 53.6 Å². The van der Waals surface area contributed by atoms with Gasteiger partial charge < -0.3 is 10.8 Å². The molecule has 0 aliphatic heterocycles. The van der Waals surface area contributed by atoms with Crippen LogP contribution in [0.2, 0.25) is 0 Å². The first-order valence-corrected chi connectivity index (χ1v) is 4.81. The highest BCUT2D eigenvalue weighted by Gasteiger charge is 2.13. The first-order chi connectivity index (χ1) is 5.95. The molecule has 0 aliphatic rings. The lowest BCUT2D eigenvalue weighted by molar-refractivity contribution is 0.0696. The van der Waals surface area contributed by atoms with Crippen molar-refractivity contribution in [2.24, 2.45) is 0 Å². The number of rotatable bonds is 1. The number of hydrogen-bond donors (Lipinski definition) is 2. The number of benzene rings is 1. The number of nitrogens with two attached hydrogens (primary N) is 1. The normalized spacial score (nSPS) is 10.1. The molecule has 0 fully saturated rings. The summed E-state index contributed by atoms with van der Waals surface area (Å²) in [6.45, 7) is 3.67. The maximum Gasteiger partial charge on any atom is 0.336 e. The van der Waals surface area contributed by atoms with E-state index in [2.05, 4.69) is 22.6 Å². The van der Waals surface area contributed by atoms with E-state index >= 15 is 0 Å². The van der Waals surface area contributed by atoms with E-state index in [1.54, 1.807) is 6.92 Å². The number of hydrogen-bond acceptors (Lipinski definition) is 2. The third-order valence-corrected chi connectivity index (χ3v) is 3.64. The van der Waals surface area contributed by atoms with Crippen LogP contribution in [0.25, 0.3) is 0 Å². The maximum absolute atomic E-state index is 10.8. The van der Waals surface area contributed by atoms with Crippen molar-refractivity contribution < 1.29 is 9.90 Å². The van der Waals surface area contributed by atoms with Crippen LogP contribution < -0.4 is 5.73 Å². The molecule has 3 N–H and O–H groups in total. The van der Waals surface area contributed by atoms with Gasteiger partial charge in [-0.1, -0.05) is 0 Å². The molecule has 0 aromatic heterocycles. The van der Waals surface area contributed by atoms with Gasteiger partial charge in [0.15, 0.2) is 0 Å². The van der Waals surface area contributed by atoms with Crippen LogP contribution in [0.4, 0.5) is 5.69 Å². The van der Waals surface area contributed by atoms with E-state index in [-0.39, 0.29) is 5.56 Å². The molecular formula is C9H10INO2. The quantitative estimate of drug-likeness (QED) is 0.616. The third kappa shape index (κ3) is 1.77. The van der Waals surface area contributed by atoms with Crippen molar-refractivity contribution in [3.63, 3.8) is 0 Å². The molecule has 0 radical (unpaired) electrons. The van der Waals surface area contributed by atoms with Gasteiger partial charge in [-0.3, -0.25) is 0 Å². The summed E-state index contributed by atoms with van der Waals surface area (Å²) in [5.74, 6) is -0.929. The van der Waals surface area contributed by atoms with Crippen LogP contribution in [0.3, 0.4) is 0 Å². The van der Waals surface area contributed by atoms with E-state index in [0.717, 1.165) is 14.7 Å². The van der Waals surface area contributed by atoms with E-state index in [4.69, 9.17) is 10.8 Å². The van der Waals surface area contributed by atoms with Gasteiger partial charge in [0.1, 0.15) is 0 Å². The Morgan fingerprint density at radius 2 is 2.00 bits per heavy atom. The Morgan fingerprint density at radius 1 is 1.46 bits per heavy atom. The average molecular weight is 291 g/mol. The minimum absolute atomic E-state index is 0.285. The zero-order chi connectivity index (χ0) is 10.2. The van der Waals surface area contributed by atoms with Crippen LogP contribution in [-0.2, 0) is 0 Å². The molecule has 3 nitrogen and oxygen atoms in total. The molecule has 0 saturated carbocycles. The van der Waals surface area contributed by atoms with Crippen molar-refractivity contribution in [2.45, 2.75) is 13.8 Å². The van der Waals surface area contributed by atoms with Crippen LogP contribution in [0.15, 0.2) is 6.07 Å². The van der Waals surface area contributed by atoms with Gasteiger partial charge in [0, 0.05) is 9.26 Å². The summed E-state index contributed by atoms with van der Waals surface area (Å²) in [4.78, 5) is 10.8. The molecule has 1 aromatic carbocycles. The highest BCUT2D eigenvalue weighted by Crippen LogP contribution is 2.25. The molecule has 0 unspecified atom stereocenters. The van der Waals surface area contributed by atoms with Crippen molar-refractivity contribution in [3.8, 4) is 0 Å². The van der Waals surface area contributed by atoms with Crippen molar-refractivity contribution in [1.29, 1.82) is 0 Å². The molecule has 13 heavy (non-hydrogen) atoms. The Kier molecular flexibility index (Phi) is 2.80. The summed E-state index contributed by atoms with van der Waals surface area (Å²) in [6, 6.07) is 1.51. The summed E-state index contributed by atoms with van der Waals surface area (Å²) in [5.41, 5.74) is 8.20. The lowest BCUT2D eigenvalue weighted by Crippen LogP contribution is -2.05. The molecule has 0 bridgehead atoms. The van der Waals surface area contributed by atoms with Gasteiger partial charge in [0.2, 0.25) is 0 Å². The van der Waals surface area contributed by atoms with E-state index < -0.39 is 5.97 Å². The number of carboxylic acids is 1. The molecule has 0 atom stereocenters. The largest absolute Gasteiger partial charge is 0.478 e. The third-order valence-electron chi connectivity index (χ3n) is 2.03. The molecule has 0 spiro atoms. The zero-order valence-electron chi connectivity index (χ0n) is 7.39. The molecule has 0 amide bonds. The van der Waals surface area contributed by atoms with E-state index in [0.29, 0.717) is 5.69 Å². The summed E-state index contributed by atoms with van der Waals surface area (Å²) >= 11 is 2.11. The van der Waals surface area contributed by atoms with Gasteiger partial charge in [-0.2, -0.15) is 0 Å². The van der Waals surface area contributed by atoms with Crippen LogP contribution in [0, 0.1) is 17.4 Å². The van der Waals surface area contributed by atoms with E-state index in [1.165, 1.54) is 6.07 Å². The van der Waals surface area contributed by atoms with Gasteiger partial charge in [-0.25, -0.2) is 4.79 Å². The van der Waals surface area contributed by atoms with Crippen LogP contribution >= 0.6 is 22.6 Å². The van der Waals surface area contributed by atoms with E-state index in [1.807, 2.05) is 6.92 Å². The monoisotopic (exact) mass is 291 g/mol. The molecule has 0 heterocycles. The van der Waals surface area contributed by atoms with Gasteiger partial charge in [0.05, 0.1) is 5.56 Å². The number of halogens is 1. The first-order valence-electron chi connectivity index (χ1n) is 3.73. The fourth-order valence-electron chi connectivity index (χ4n) is 1.12. The fourth-order valence-corrected chi connectivity index (χ4v) is 1.72. The minimum Gasteiger partial charge on any atom is -0.478 e. The predicted molar refractivity (Wildman–Crippen MR) is 60.0 cm³/mol. The molecular weight excluding hydrogens is 281 g/mol. The van der Waals surface area contributed by atoms with Gasteiger partial charge in [-0.15, -0.1) is 0 Å². The van der Waals surface area contributed by atoms with Crippen LogP contribution in [0.1, 0.15) is 21.5 Å².